The van der Waals surface area contributed by atoms with Crippen LogP contribution in [0, 0.1) is 5.41 Å². The van der Waals surface area contributed by atoms with Crippen molar-refractivity contribution in [1.82, 2.24) is 15.3 Å². The SMILES string of the molecule is CNC(=O)C(C)(C)CNc1ncc(N)cn1. The predicted octanol–water partition coefficient (Wildman–Crippen LogP) is 0.243. The molecule has 16 heavy (non-hydrogen) atoms. The molecule has 1 aromatic rings. The largest absolute Gasteiger partial charge is 0.396 e. The van der Waals surface area contributed by atoms with Crippen LogP contribution < -0.4 is 16.4 Å². The molecule has 0 unspecified atom stereocenters. The Morgan fingerprint density at radius 3 is 2.50 bits per heavy atom. The molecule has 0 fully saturated rings. The van der Waals surface area contributed by atoms with E-state index < -0.39 is 5.41 Å². The molecule has 0 radical (unpaired) electrons. The van der Waals surface area contributed by atoms with Gasteiger partial charge in [0.05, 0.1) is 23.5 Å². The number of anilines is 2. The van der Waals surface area contributed by atoms with Gasteiger partial charge in [0.15, 0.2) is 0 Å². The van der Waals surface area contributed by atoms with Gasteiger partial charge in [-0.15, -0.1) is 0 Å². The highest BCUT2D eigenvalue weighted by Gasteiger charge is 2.26. The Morgan fingerprint density at radius 1 is 1.44 bits per heavy atom. The van der Waals surface area contributed by atoms with E-state index in [-0.39, 0.29) is 5.91 Å². The van der Waals surface area contributed by atoms with E-state index in [0.29, 0.717) is 18.2 Å². The maximum atomic E-state index is 11.5. The van der Waals surface area contributed by atoms with E-state index in [0.717, 1.165) is 0 Å². The number of nitrogen functional groups attached to an aromatic ring is 1. The predicted molar refractivity (Wildman–Crippen MR) is 62.8 cm³/mol. The minimum Gasteiger partial charge on any atom is -0.396 e. The van der Waals surface area contributed by atoms with Crippen LogP contribution in [0.2, 0.25) is 0 Å². The number of aromatic nitrogens is 2. The molecule has 0 aliphatic heterocycles. The van der Waals surface area contributed by atoms with Crippen molar-refractivity contribution in [2.45, 2.75) is 13.8 Å². The summed E-state index contributed by atoms with van der Waals surface area (Å²) in [7, 11) is 1.61. The molecule has 0 saturated heterocycles. The fourth-order valence-electron chi connectivity index (χ4n) is 1.15. The molecule has 0 spiro atoms. The summed E-state index contributed by atoms with van der Waals surface area (Å²) >= 11 is 0. The normalized spacial score (nSPS) is 10.9. The molecule has 1 aromatic heterocycles. The lowest BCUT2D eigenvalue weighted by Gasteiger charge is -2.22. The van der Waals surface area contributed by atoms with Gasteiger partial charge in [-0.3, -0.25) is 4.79 Å². The van der Waals surface area contributed by atoms with Crippen molar-refractivity contribution in [3.8, 4) is 0 Å². The minimum absolute atomic E-state index is 0.0320. The van der Waals surface area contributed by atoms with Crippen molar-refractivity contribution >= 4 is 17.5 Å². The molecule has 0 atom stereocenters. The molecule has 0 aliphatic rings. The average molecular weight is 223 g/mol. The first-order valence-electron chi connectivity index (χ1n) is 4.99. The van der Waals surface area contributed by atoms with Crippen LogP contribution in [-0.2, 0) is 4.79 Å². The summed E-state index contributed by atoms with van der Waals surface area (Å²) in [5.41, 5.74) is 5.46. The van der Waals surface area contributed by atoms with Gasteiger partial charge in [0.2, 0.25) is 11.9 Å². The van der Waals surface area contributed by atoms with Crippen molar-refractivity contribution in [3.63, 3.8) is 0 Å². The molecule has 0 aliphatic carbocycles. The van der Waals surface area contributed by atoms with Crippen molar-refractivity contribution in [2.75, 3.05) is 24.6 Å². The standard InChI is InChI=1S/C10H17N5O/c1-10(2,8(16)12-3)6-15-9-13-4-7(11)5-14-9/h4-5H,6,11H2,1-3H3,(H,12,16)(H,13,14,15). The number of nitrogens with two attached hydrogens (primary N) is 1. The summed E-state index contributed by atoms with van der Waals surface area (Å²) in [6.45, 7) is 4.14. The van der Waals surface area contributed by atoms with Gasteiger partial charge < -0.3 is 16.4 Å². The number of nitrogens with zero attached hydrogens (tertiary/aromatic N) is 2. The third-order valence-electron chi connectivity index (χ3n) is 2.20. The first-order chi connectivity index (χ1) is 7.45. The fourth-order valence-corrected chi connectivity index (χ4v) is 1.15. The van der Waals surface area contributed by atoms with E-state index in [1.165, 1.54) is 12.4 Å². The molecule has 4 N–H and O–H groups in total. The van der Waals surface area contributed by atoms with E-state index in [9.17, 15) is 4.79 Å². The van der Waals surface area contributed by atoms with Crippen LogP contribution in [0.1, 0.15) is 13.8 Å². The van der Waals surface area contributed by atoms with Crippen molar-refractivity contribution in [1.29, 1.82) is 0 Å². The summed E-state index contributed by atoms with van der Waals surface area (Å²) < 4.78 is 0. The van der Waals surface area contributed by atoms with Crippen LogP contribution in [0.25, 0.3) is 0 Å². The third kappa shape index (κ3) is 3.08. The van der Waals surface area contributed by atoms with Crippen LogP contribution >= 0.6 is 0 Å². The van der Waals surface area contributed by atoms with Gasteiger partial charge in [-0.1, -0.05) is 0 Å². The van der Waals surface area contributed by atoms with Crippen molar-refractivity contribution < 1.29 is 4.79 Å². The zero-order valence-corrected chi connectivity index (χ0v) is 9.74. The van der Waals surface area contributed by atoms with E-state index in [4.69, 9.17) is 5.73 Å². The molecular weight excluding hydrogens is 206 g/mol. The molecule has 0 saturated carbocycles. The molecule has 1 rings (SSSR count). The molecule has 6 heteroatoms. The minimum atomic E-state index is -0.514. The molecule has 1 amide bonds. The number of rotatable bonds is 4. The number of carbonyl (C=O) groups is 1. The highest BCUT2D eigenvalue weighted by Crippen LogP contribution is 2.15. The first kappa shape index (κ1) is 12.2. The Hall–Kier alpha value is -1.85. The van der Waals surface area contributed by atoms with Crippen LogP contribution in [-0.4, -0.2) is 29.5 Å². The second kappa shape index (κ2) is 4.78. The summed E-state index contributed by atoms with van der Waals surface area (Å²) in [5, 5.41) is 5.60. The van der Waals surface area contributed by atoms with Gasteiger partial charge >= 0.3 is 0 Å². The van der Waals surface area contributed by atoms with Crippen LogP contribution in [0.5, 0.6) is 0 Å². The molecule has 0 aromatic carbocycles. The topological polar surface area (TPSA) is 92.9 Å². The zero-order chi connectivity index (χ0) is 12.2. The van der Waals surface area contributed by atoms with E-state index in [1.54, 1.807) is 7.05 Å². The average Bonchev–Trinajstić information content (AvgIpc) is 2.27. The van der Waals surface area contributed by atoms with Crippen LogP contribution in [0.15, 0.2) is 12.4 Å². The lowest BCUT2D eigenvalue weighted by molar-refractivity contribution is -0.128. The Kier molecular flexibility index (Phi) is 3.65. The number of nitrogens with one attached hydrogen (secondary N) is 2. The van der Waals surface area contributed by atoms with Gasteiger partial charge in [0.1, 0.15) is 0 Å². The molecule has 0 bridgehead atoms. The first-order valence-corrected chi connectivity index (χ1v) is 4.99. The van der Waals surface area contributed by atoms with Gasteiger partial charge in [-0.2, -0.15) is 0 Å². The fraction of sp³-hybridized carbons (Fsp3) is 0.500. The molecule has 88 valence electrons. The number of hydrogen-bond donors (Lipinski definition) is 3. The van der Waals surface area contributed by atoms with E-state index >= 15 is 0 Å². The van der Waals surface area contributed by atoms with E-state index in [2.05, 4.69) is 20.6 Å². The zero-order valence-electron chi connectivity index (χ0n) is 9.74. The summed E-state index contributed by atoms with van der Waals surface area (Å²) in [6, 6.07) is 0. The maximum Gasteiger partial charge on any atom is 0.227 e. The summed E-state index contributed by atoms with van der Waals surface area (Å²) in [4.78, 5) is 19.5. The summed E-state index contributed by atoms with van der Waals surface area (Å²) in [6.07, 6.45) is 3.03. The maximum absolute atomic E-state index is 11.5. The monoisotopic (exact) mass is 223 g/mol. The van der Waals surface area contributed by atoms with Crippen molar-refractivity contribution in [2.24, 2.45) is 5.41 Å². The van der Waals surface area contributed by atoms with Gasteiger partial charge in [-0.05, 0) is 13.8 Å². The number of hydrogen-bond acceptors (Lipinski definition) is 5. The third-order valence-corrected chi connectivity index (χ3v) is 2.20. The highest BCUT2D eigenvalue weighted by atomic mass is 16.2. The van der Waals surface area contributed by atoms with E-state index in [1.807, 2.05) is 13.8 Å². The number of amides is 1. The quantitative estimate of drug-likeness (QED) is 0.680. The number of carbonyl (C=O) groups excluding carboxylic acids is 1. The molecule has 1 heterocycles. The Labute approximate surface area is 94.7 Å². The van der Waals surface area contributed by atoms with Gasteiger partial charge in [-0.25, -0.2) is 9.97 Å². The van der Waals surface area contributed by atoms with Crippen molar-refractivity contribution in [3.05, 3.63) is 12.4 Å². The molecular formula is C10H17N5O. The van der Waals surface area contributed by atoms with Crippen LogP contribution in [0.3, 0.4) is 0 Å². The second-order valence-corrected chi connectivity index (χ2v) is 4.16. The van der Waals surface area contributed by atoms with Gasteiger partial charge in [0.25, 0.3) is 0 Å². The molecule has 6 nitrogen and oxygen atoms in total. The lowest BCUT2D eigenvalue weighted by Crippen LogP contribution is -2.39. The Morgan fingerprint density at radius 2 is 2.00 bits per heavy atom. The van der Waals surface area contributed by atoms with Gasteiger partial charge in [0, 0.05) is 13.6 Å². The van der Waals surface area contributed by atoms with Crippen LogP contribution in [0.4, 0.5) is 11.6 Å². The lowest BCUT2D eigenvalue weighted by atomic mass is 9.92. The Balaban J connectivity index is 2.57. The second-order valence-electron chi connectivity index (χ2n) is 4.16. The smallest absolute Gasteiger partial charge is 0.227 e. The summed E-state index contributed by atoms with van der Waals surface area (Å²) in [5.74, 6) is 0.432. The Bertz CT molecular complexity index is 360. The highest BCUT2D eigenvalue weighted by molar-refractivity contribution is 5.82.